The van der Waals surface area contributed by atoms with Gasteiger partial charge < -0.3 is 14.4 Å². The number of carbonyl (C=O) groups excluding carboxylic acids is 3. The Morgan fingerprint density at radius 3 is 2.50 bits per heavy atom. The highest BCUT2D eigenvalue weighted by molar-refractivity contribution is 5.89. The lowest BCUT2D eigenvalue weighted by Crippen LogP contribution is -2.52. The van der Waals surface area contributed by atoms with E-state index in [0.717, 1.165) is 5.56 Å². The summed E-state index contributed by atoms with van der Waals surface area (Å²) in [5.74, 6) is -0.225. The van der Waals surface area contributed by atoms with E-state index < -0.39 is 17.8 Å². The minimum absolute atomic E-state index is 0.0848. The molecule has 2 aromatic heterocycles. The fourth-order valence-electron chi connectivity index (χ4n) is 3.76. The molecule has 3 heterocycles. The van der Waals surface area contributed by atoms with Crippen LogP contribution < -0.4 is 0 Å². The first-order valence-electron chi connectivity index (χ1n) is 11.1. The van der Waals surface area contributed by atoms with E-state index in [2.05, 4.69) is 4.98 Å². The molecule has 34 heavy (non-hydrogen) atoms. The third kappa shape index (κ3) is 5.36. The van der Waals surface area contributed by atoms with Gasteiger partial charge in [0.1, 0.15) is 18.8 Å². The van der Waals surface area contributed by atoms with Crippen LogP contribution in [0.25, 0.3) is 11.0 Å². The van der Waals surface area contributed by atoms with Crippen molar-refractivity contribution >= 4 is 29.1 Å². The standard InChI is InChI=1S/C25H28N4O5/c1-25(2,3)34-24(32)29-19(14-20-21(29)10-7-11-26-20)15-27-12-13-28(16-22(27)30)23(31)33-17-18-8-5-4-6-9-18/h4-11,14H,12-13,15-17H2,1-3H3. The summed E-state index contributed by atoms with van der Waals surface area (Å²) in [6, 6.07) is 14.7. The number of hydrogen-bond acceptors (Lipinski definition) is 6. The highest BCUT2D eigenvalue weighted by Gasteiger charge is 2.30. The fourth-order valence-corrected chi connectivity index (χ4v) is 3.76. The van der Waals surface area contributed by atoms with Gasteiger partial charge in [0.05, 0.1) is 23.3 Å². The maximum absolute atomic E-state index is 12.9. The number of carbonyl (C=O) groups is 3. The molecule has 9 heteroatoms. The van der Waals surface area contributed by atoms with E-state index in [-0.39, 0.29) is 25.6 Å². The smallest absolute Gasteiger partial charge is 0.419 e. The largest absolute Gasteiger partial charge is 0.445 e. The van der Waals surface area contributed by atoms with Crippen molar-refractivity contribution in [3.8, 4) is 0 Å². The van der Waals surface area contributed by atoms with E-state index in [1.807, 2.05) is 30.3 Å². The predicted molar refractivity (Wildman–Crippen MR) is 125 cm³/mol. The molecule has 3 aromatic rings. The number of rotatable bonds is 4. The minimum Gasteiger partial charge on any atom is -0.445 e. The summed E-state index contributed by atoms with van der Waals surface area (Å²) in [5, 5.41) is 0. The van der Waals surface area contributed by atoms with Gasteiger partial charge in [0.15, 0.2) is 0 Å². The van der Waals surface area contributed by atoms with Crippen LogP contribution in [0.5, 0.6) is 0 Å². The first-order chi connectivity index (χ1) is 16.2. The first kappa shape index (κ1) is 23.3. The molecule has 1 fully saturated rings. The molecule has 0 spiro atoms. The number of pyridine rings is 1. The van der Waals surface area contributed by atoms with Gasteiger partial charge in [-0.2, -0.15) is 0 Å². The molecule has 2 amide bonds. The molecule has 0 atom stereocenters. The maximum Gasteiger partial charge on any atom is 0.419 e. The summed E-state index contributed by atoms with van der Waals surface area (Å²) >= 11 is 0. The lowest BCUT2D eigenvalue weighted by atomic mass is 10.2. The van der Waals surface area contributed by atoms with Crippen LogP contribution in [-0.2, 0) is 27.4 Å². The number of aromatic nitrogens is 2. The van der Waals surface area contributed by atoms with Gasteiger partial charge in [0.25, 0.3) is 0 Å². The van der Waals surface area contributed by atoms with Crippen LogP contribution in [-0.4, -0.2) is 62.7 Å². The molecule has 4 rings (SSSR count). The Balaban J connectivity index is 1.44. The van der Waals surface area contributed by atoms with Crippen LogP contribution in [0.4, 0.5) is 9.59 Å². The zero-order chi connectivity index (χ0) is 24.3. The predicted octanol–water partition coefficient (Wildman–Crippen LogP) is 3.80. The molecular weight excluding hydrogens is 436 g/mol. The van der Waals surface area contributed by atoms with Gasteiger partial charge in [-0.25, -0.2) is 14.2 Å². The number of amides is 2. The van der Waals surface area contributed by atoms with Crippen LogP contribution in [0, 0.1) is 0 Å². The molecule has 0 aliphatic carbocycles. The lowest BCUT2D eigenvalue weighted by molar-refractivity contribution is -0.136. The topological polar surface area (TPSA) is 94.0 Å². The van der Waals surface area contributed by atoms with Gasteiger partial charge in [-0.05, 0) is 44.5 Å². The molecule has 1 aromatic carbocycles. The Morgan fingerprint density at radius 1 is 1.03 bits per heavy atom. The Morgan fingerprint density at radius 2 is 1.79 bits per heavy atom. The van der Waals surface area contributed by atoms with Crippen LogP contribution >= 0.6 is 0 Å². The van der Waals surface area contributed by atoms with E-state index in [4.69, 9.17) is 9.47 Å². The molecule has 0 N–H and O–H groups in total. The van der Waals surface area contributed by atoms with E-state index >= 15 is 0 Å². The Kier molecular flexibility index (Phi) is 6.54. The highest BCUT2D eigenvalue weighted by atomic mass is 16.6. The number of nitrogens with zero attached hydrogens (tertiary/aromatic N) is 4. The van der Waals surface area contributed by atoms with Crippen LogP contribution in [0.2, 0.25) is 0 Å². The second-order valence-corrected chi connectivity index (χ2v) is 9.14. The highest BCUT2D eigenvalue weighted by Crippen LogP contribution is 2.22. The minimum atomic E-state index is -0.672. The summed E-state index contributed by atoms with van der Waals surface area (Å²) in [5.41, 5.74) is 2.05. The van der Waals surface area contributed by atoms with Crippen molar-refractivity contribution in [3.05, 3.63) is 66.0 Å². The third-order valence-electron chi connectivity index (χ3n) is 5.36. The molecule has 0 unspecified atom stereocenters. The van der Waals surface area contributed by atoms with Crippen molar-refractivity contribution in [2.75, 3.05) is 19.6 Å². The van der Waals surface area contributed by atoms with E-state index in [1.165, 1.54) is 9.47 Å². The van der Waals surface area contributed by atoms with Crippen molar-refractivity contribution < 1.29 is 23.9 Å². The van der Waals surface area contributed by atoms with Gasteiger partial charge in [0, 0.05) is 19.3 Å². The van der Waals surface area contributed by atoms with Gasteiger partial charge in [0.2, 0.25) is 5.91 Å². The Labute approximate surface area is 197 Å². The molecule has 1 aliphatic heterocycles. The SMILES string of the molecule is CC(C)(C)OC(=O)n1c(CN2CCN(C(=O)OCc3ccccc3)CC2=O)cc2ncccc21. The average Bonchev–Trinajstić information content (AvgIpc) is 3.16. The Bertz CT molecular complexity index is 1200. The normalized spacial score (nSPS) is 14.4. The molecule has 1 saturated heterocycles. The zero-order valence-electron chi connectivity index (χ0n) is 19.6. The molecule has 0 saturated carbocycles. The molecule has 0 radical (unpaired) electrons. The number of hydrogen-bond donors (Lipinski definition) is 0. The summed E-state index contributed by atoms with van der Waals surface area (Å²) in [6.45, 7) is 6.32. The molecule has 0 bridgehead atoms. The van der Waals surface area contributed by atoms with E-state index in [1.54, 1.807) is 50.1 Å². The number of benzene rings is 1. The molecular formula is C25H28N4O5. The molecule has 178 valence electrons. The fraction of sp³-hybridized carbons (Fsp3) is 0.360. The van der Waals surface area contributed by atoms with Crippen molar-refractivity contribution in [1.82, 2.24) is 19.4 Å². The van der Waals surface area contributed by atoms with Gasteiger partial charge >= 0.3 is 12.2 Å². The quantitative estimate of drug-likeness (QED) is 0.583. The van der Waals surface area contributed by atoms with Crippen LogP contribution in [0.1, 0.15) is 32.0 Å². The van der Waals surface area contributed by atoms with Crippen molar-refractivity contribution in [2.45, 2.75) is 39.5 Å². The van der Waals surface area contributed by atoms with Gasteiger partial charge in [-0.3, -0.25) is 14.7 Å². The summed E-state index contributed by atoms with van der Waals surface area (Å²) in [6.07, 6.45) is 0.598. The summed E-state index contributed by atoms with van der Waals surface area (Å²) in [4.78, 5) is 45.6. The second-order valence-electron chi connectivity index (χ2n) is 9.14. The van der Waals surface area contributed by atoms with Crippen molar-refractivity contribution in [3.63, 3.8) is 0 Å². The third-order valence-corrected chi connectivity index (χ3v) is 5.36. The van der Waals surface area contributed by atoms with E-state index in [9.17, 15) is 14.4 Å². The zero-order valence-corrected chi connectivity index (χ0v) is 19.6. The average molecular weight is 465 g/mol. The van der Waals surface area contributed by atoms with Gasteiger partial charge in [-0.15, -0.1) is 0 Å². The van der Waals surface area contributed by atoms with E-state index in [0.29, 0.717) is 29.8 Å². The van der Waals surface area contributed by atoms with Crippen LogP contribution in [0.15, 0.2) is 54.7 Å². The van der Waals surface area contributed by atoms with Crippen molar-refractivity contribution in [1.29, 1.82) is 0 Å². The number of piperazine rings is 1. The monoisotopic (exact) mass is 464 g/mol. The summed E-state index contributed by atoms with van der Waals surface area (Å²) in [7, 11) is 0. The Hall–Kier alpha value is -3.88. The van der Waals surface area contributed by atoms with Crippen molar-refractivity contribution in [2.24, 2.45) is 0 Å². The number of fused-ring (bicyclic) bond motifs is 1. The second kappa shape index (κ2) is 9.54. The molecule has 1 aliphatic rings. The van der Waals surface area contributed by atoms with Gasteiger partial charge in [-0.1, -0.05) is 30.3 Å². The first-order valence-corrected chi connectivity index (χ1v) is 11.1. The van der Waals surface area contributed by atoms with Crippen LogP contribution in [0.3, 0.4) is 0 Å². The maximum atomic E-state index is 12.9. The lowest BCUT2D eigenvalue weighted by Gasteiger charge is -2.33. The summed E-state index contributed by atoms with van der Waals surface area (Å²) < 4.78 is 12.4. The number of ether oxygens (including phenoxy) is 2. The molecule has 9 nitrogen and oxygen atoms in total.